The van der Waals surface area contributed by atoms with Gasteiger partial charge in [0.05, 0.1) is 6.10 Å². The predicted molar refractivity (Wildman–Crippen MR) is 60.7 cm³/mol. The van der Waals surface area contributed by atoms with Crippen LogP contribution in [-0.2, 0) is 4.79 Å². The molecule has 1 aliphatic heterocycles. The average Bonchev–Trinajstić information content (AvgIpc) is 2.89. The molecule has 0 spiro atoms. The van der Waals surface area contributed by atoms with Crippen LogP contribution in [0.2, 0.25) is 0 Å². The van der Waals surface area contributed by atoms with Gasteiger partial charge in [-0.2, -0.15) is 0 Å². The maximum Gasteiger partial charge on any atom is 0.225 e. The monoisotopic (exact) mass is 223 g/mol. The summed E-state index contributed by atoms with van der Waals surface area (Å²) in [4.78, 5) is 14.3. The van der Waals surface area contributed by atoms with Crippen molar-refractivity contribution in [3.8, 4) is 0 Å². The molecule has 0 aromatic carbocycles. The van der Waals surface area contributed by atoms with Crippen LogP contribution in [0, 0.1) is 23.7 Å². The van der Waals surface area contributed by atoms with Gasteiger partial charge < -0.3 is 10.0 Å². The summed E-state index contributed by atoms with van der Waals surface area (Å²) in [6.45, 7) is 3.55. The fraction of sp³-hybridized carbons (Fsp3) is 0.923. The number of hydrogen-bond donors (Lipinski definition) is 1. The van der Waals surface area contributed by atoms with E-state index >= 15 is 0 Å². The van der Waals surface area contributed by atoms with E-state index in [1.165, 1.54) is 6.42 Å². The third-order valence-corrected chi connectivity index (χ3v) is 4.76. The minimum Gasteiger partial charge on any atom is -0.393 e. The Morgan fingerprint density at radius 2 is 1.94 bits per heavy atom. The Morgan fingerprint density at radius 3 is 2.56 bits per heavy atom. The molecular weight excluding hydrogens is 202 g/mol. The number of aliphatic hydroxyl groups is 1. The number of carbonyl (C=O) groups is 1. The highest BCUT2D eigenvalue weighted by atomic mass is 16.3. The predicted octanol–water partition coefficient (Wildman–Crippen LogP) is 1.26. The van der Waals surface area contributed by atoms with Crippen LogP contribution in [-0.4, -0.2) is 35.1 Å². The number of amides is 1. The highest BCUT2D eigenvalue weighted by molar-refractivity contribution is 5.79. The van der Waals surface area contributed by atoms with E-state index in [4.69, 9.17) is 0 Å². The first-order valence-electron chi connectivity index (χ1n) is 6.62. The van der Waals surface area contributed by atoms with Gasteiger partial charge in [0.1, 0.15) is 0 Å². The van der Waals surface area contributed by atoms with Gasteiger partial charge in [0.2, 0.25) is 5.91 Å². The van der Waals surface area contributed by atoms with Crippen molar-refractivity contribution in [2.24, 2.45) is 23.7 Å². The first kappa shape index (κ1) is 10.6. The molecule has 3 aliphatic rings. The number of nitrogens with zero attached hydrogens (tertiary/aromatic N) is 1. The maximum atomic E-state index is 12.3. The van der Waals surface area contributed by atoms with Gasteiger partial charge in [-0.1, -0.05) is 6.92 Å². The molecule has 1 heterocycles. The summed E-state index contributed by atoms with van der Waals surface area (Å²) in [6, 6.07) is 0. The Hall–Kier alpha value is -0.570. The highest BCUT2D eigenvalue weighted by Gasteiger charge is 2.49. The largest absolute Gasteiger partial charge is 0.393 e. The standard InChI is InChI=1S/C13H21NO2/c1-8-7-14(3-2-12(8)15)13(16)11-5-9-4-10(9)6-11/h8-12,15H,2-7H2,1H3. The molecule has 4 atom stereocenters. The van der Waals surface area contributed by atoms with Crippen molar-refractivity contribution in [1.29, 1.82) is 0 Å². The van der Waals surface area contributed by atoms with Gasteiger partial charge in [-0.25, -0.2) is 0 Å². The van der Waals surface area contributed by atoms with Crippen molar-refractivity contribution in [3.63, 3.8) is 0 Å². The molecule has 0 radical (unpaired) electrons. The van der Waals surface area contributed by atoms with E-state index in [1.807, 2.05) is 11.8 Å². The van der Waals surface area contributed by atoms with Crippen molar-refractivity contribution in [2.45, 2.75) is 38.7 Å². The average molecular weight is 223 g/mol. The van der Waals surface area contributed by atoms with Gasteiger partial charge in [0.15, 0.2) is 0 Å². The zero-order valence-electron chi connectivity index (χ0n) is 9.93. The molecule has 2 aliphatic carbocycles. The summed E-state index contributed by atoms with van der Waals surface area (Å²) >= 11 is 0. The number of carbonyl (C=O) groups excluding carboxylic acids is 1. The van der Waals surface area contributed by atoms with Crippen LogP contribution in [0.25, 0.3) is 0 Å². The number of likely N-dealkylation sites (tertiary alicyclic amines) is 1. The SMILES string of the molecule is CC1CN(C(=O)C2CC3CC3C2)CCC1O. The number of rotatable bonds is 1. The minimum atomic E-state index is -0.207. The lowest BCUT2D eigenvalue weighted by Gasteiger charge is -2.36. The van der Waals surface area contributed by atoms with Crippen molar-refractivity contribution < 1.29 is 9.90 Å². The van der Waals surface area contributed by atoms with E-state index in [0.29, 0.717) is 11.8 Å². The Balaban J connectivity index is 1.58. The number of hydrogen-bond acceptors (Lipinski definition) is 2. The van der Waals surface area contributed by atoms with Crippen LogP contribution in [0.1, 0.15) is 32.6 Å². The Morgan fingerprint density at radius 1 is 1.25 bits per heavy atom. The van der Waals surface area contributed by atoms with E-state index in [-0.39, 0.29) is 12.0 Å². The Bertz CT molecular complexity index is 294. The van der Waals surface area contributed by atoms with Crippen molar-refractivity contribution in [1.82, 2.24) is 4.90 Å². The molecule has 0 aromatic heterocycles. The second kappa shape index (κ2) is 3.73. The van der Waals surface area contributed by atoms with Gasteiger partial charge in [-0.3, -0.25) is 4.79 Å². The third kappa shape index (κ3) is 1.75. The third-order valence-electron chi connectivity index (χ3n) is 4.76. The first-order valence-corrected chi connectivity index (χ1v) is 6.62. The van der Waals surface area contributed by atoms with Crippen molar-refractivity contribution in [3.05, 3.63) is 0 Å². The highest BCUT2D eigenvalue weighted by Crippen LogP contribution is 2.54. The molecule has 1 saturated heterocycles. The quantitative estimate of drug-likeness (QED) is 0.727. The Kier molecular flexibility index (Phi) is 2.46. The van der Waals surface area contributed by atoms with Gasteiger partial charge in [0.25, 0.3) is 0 Å². The van der Waals surface area contributed by atoms with Crippen LogP contribution < -0.4 is 0 Å². The van der Waals surface area contributed by atoms with Crippen molar-refractivity contribution in [2.75, 3.05) is 13.1 Å². The van der Waals surface area contributed by atoms with Gasteiger partial charge >= 0.3 is 0 Å². The molecule has 3 nitrogen and oxygen atoms in total. The topological polar surface area (TPSA) is 40.5 Å². The lowest BCUT2D eigenvalue weighted by atomic mass is 9.94. The lowest BCUT2D eigenvalue weighted by molar-refractivity contribution is -0.139. The zero-order valence-corrected chi connectivity index (χ0v) is 9.93. The summed E-state index contributed by atoms with van der Waals surface area (Å²) in [5.41, 5.74) is 0. The Labute approximate surface area is 96.8 Å². The number of fused-ring (bicyclic) bond motifs is 1. The van der Waals surface area contributed by atoms with Crippen LogP contribution in [0.5, 0.6) is 0 Å². The molecule has 1 amide bonds. The fourth-order valence-corrected chi connectivity index (χ4v) is 3.51. The lowest BCUT2D eigenvalue weighted by Crippen LogP contribution is -2.46. The molecule has 16 heavy (non-hydrogen) atoms. The molecule has 90 valence electrons. The van der Waals surface area contributed by atoms with Gasteiger partial charge in [-0.15, -0.1) is 0 Å². The smallest absolute Gasteiger partial charge is 0.225 e. The number of piperidine rings is 1. The normalized spacial score (nSPS) is 46.6. The van der Waals surface area contributed by atoms with Crippen molar-refractivity contribution >= 4 is 5.91 Å². The van der Waals surface area contributed by atoms with Crippen LogP contribution in [0.15, 0.2) is 0 Å². The van der Waals surface area contributed by atoms with E-state index in [1.54, 1.807) is 0 Å². The maximum absolute atomic E-state index is 12.3. The fourth-order valence-electron chi connectivity index (χ4n) is 3.51. The molecule has 0 bridgehead atoms. The van der Waals surface area contributed by atoms with Crippen LogP contribution >= 0.6 is 0 Å². The summed E-state index contributed by atoms with van der Waals surface area (Å²) in [5.74, 6) is 2.68. The van der Waals surface area contributed by atoms with E-state index in [9.17, 15) is 9.90 Å². The molecule has 3 heteroatoms. The molecule has 0 aromatic rings. The van der Waals surface area contributed by atoms with Crippen LogP contribution in [0.3, 0.4) is 0 Å². The molecule has 2 saturated carbocycles. The molecule has 1 N–H and O–H groups in total. The molecule has 3 fully saturated rings. The minimum absolute atomic E-state index is 0.207. The summed E-state index contributed by atoms with van der Waals surface area (Å²) in [5, 5.41) is 9.65. The second-order valence-corrected chi connectivity index (χ2v) is 6.04. The number of aliphatic hydroxyl groups excluding tert-OH is 1. The molecular formula is C13H21NO2. The summed E-state index contributed by atoms with van der Waals surface area (Å²) < 4.78 is 0. The van der Waals surface area contributed by atoms with E-state index in [0.717, 1.165) is 44.2 Å². The second-order valence-electron chi connectivity index (χ2n) is 6.04. The summed E-state index contributed by atoms with van der Waals surface area (Å²) in [7, 11) is 0. The molecule has 4 unspecified atom stereocenters. The van der Waals surface area contributed by atoms with E-state index < -0.39 is 0 Å². The van der Waals surface area contributed by atoms with Gasteiger partial charge in [0, 0.05) is 19.0 Å². The van der Waals surface area contributed by atoms with E-state index in [2.05, 4.69) is 0 Å². The summed E-state index contributed by atoms with van der Waals surface area (Å²) in [6.07, 6.45) is 4.19. The van der Waals surface area contributed by atoms with Gasteiger partial charge in [-0.05, 0) is 43.4 Å². The van der Waals surface area contributed by atoms with Crippen LogP contribution in [0.4, 0.5) is 0 Å². The molecule has 3 rings (SSSR count). The first-order chi connectivity index (χ1) is 7.65. The zero-order chi connectivity index (χ0) is 11.3.